The van der Waals surface area contributed by atoms with E-state index in [0.717, 1.165) is 11.1 Å². The quantitative estimate of drug-likeness (QED) is 0.385. The van der Waals surface area contributed by atoms with Crippen molar-refractivity contribution in [1.29, 1.82) is 0 Å². The summed E-state index contributed by atoms with van der Waals surface area (Å²) >= 11 is 6.28. The van der Waals surface area contributed by atoms with E-state index in [1.54, 1.807) is 37.3 Å². The molecule has 1 unspecified atom stereocenters. The van der Waals surface area contributed by atoms with Crippen LogP contribution in [0.1, 0.15) is 38.9 Å². The largest absolute Gasteiger partial charge is 0.493 e. The number of halogens is 1. The number of hydrogen-bond acceptors (Lipinski definition) is 6. The number of hydrogen-bond donors (Lipinski definition) is 1. The number of fused-ring (bicyclic) bond motifs is 2. The van der Waals surface area contributed by atoms with Crippen LogP contribution in [-0.2, 0) is 6.61 Å². The highest BCUT2D eigenvalue weighted by Crippen LogP contribution is 2.41. The Balaban J connectivity index is 1.60. The third kappa shape index (κ3) is 4.10. The lowest BCUT2D eigenvalue weighted by Crippen LogP contribution is -2.32. The van der Waals surface area contributed by atoms with Crippen molar-refractivity contribution < 1.29 is 23.8 Å². The Morgan fingerprint density at radius 2 is 1.83 bits per heavy atom. The molecular weight excluding hydrogens is 482 g/mol. The lowest BCUT2D eigenvalue weighted by molar-refractivity contribution is 0.0691. The van der Waals surface area contributed by atoms with Crippen LogP contribution in [0.2, 0.25) is 5.02 Å². The molecule has 36 heavy (non-hydrogen) atoms. The number of carbonyl (C=O) groups excluding carboxylic acids is 1. The number of β-amino-alcohol motifs (C(OH)–C–C–N with tert-alkyl or cyclic N) is 1. The minimum Gasteiger partial charge on any atom is -0.493 e. The normalized spacial score (nSPS) is 14.8. The van der Waals surface area contributed by atoms with Crippen LogP contribution in [-0.4, -0.2) is 36.2 Å². The maximum Gasteiger partial charge on any atom is 0.290 e. The Morgan fingerprint density at radius 1 is 1.06 bits per heavy atom. The second-order valence-electron chi connectivity index (χ2n) is 8.58. The Labute approximate surface area is 212 Å². The van der Waals surface area contributed by atoms with Crippen LogP contribution in [0, 0.1) is 6.92 Å². The summed E-state index contributed by atoms with van der Waals surface area (Å²) in [4.78, 5) is 28.4. The summed E-state index contributed by atoms with van der Waals surface area (Å²) in [6.07, 6.45) is 0. The molecule has 4 aromatic rings. The zero-order chi connectivity index (χ0) is 25.4. The number of amides is 1. The predicted octanol–water partition coefficient (Wildman–Crippen LogP) is 4.88. The van der Waals surface area contributed by atoms with Crippen molar-refractivity contribution in [1.82, 2.24) is 4.90 Å². The minimum atomic E-state index is -0.766. The van der Waals surface area contributed by atoms with Gasteiger partial charge in [0, 0.05) is 11.6 Å². The number of aryl methyl sites for hydroxylation is 1. The number of methoxy groups -OCH3 is 1. The standard InChI is InChI=1S/C28H24ClNO6/c1-16-12-22-19(14-20(16)29)26(32)24-25(30(10-11-31)28(33)27(24)36-22)18-8-9-21(23(13-18)34-2)35-15-17-6-4-3-5-7-17/h3-9,12-14,25,31H,10-11,15H2,1-2H3. The van der Waals surface area contributed by atoms with E-state index < -0.39 is 11.9 Å². The first-order chi connectivity index (χ1) is 17.4. The number of nitrogens with zero attached hydrogens (tertiary/aromatic N) is 1. The first kappa shape index (κ1) is 23.9. The maximum atomic E-state index is 13.6. The molecule has 1 aliphatic heterocycles. The van der Waals surface area contributed by atoms with E-state index in [0.29, 0.717) is 39.7 Å². The zero-order valence-electron chi connectivity index (χ0n) is 19.8. The Morgan fingerprint density at radius 3 is 2.56 bits per heavy atom. The van der Waals surface area contributed by atoms with E-state index in [4.69, 9.17) is 25.5 Å². The van der Waals surface area contributed by atoms with Gasteiger partial charge < -0.3 is 23.9 Å². The number of rotatable bonds is 7. The van der Waals surface area contributed by atoms with Crippen molar-refractivity contribution in [2.45, 2.75) is 19.6 Å². The molecule has 2 heterocycles. The summed E-state index contributed by atoms with van der Waals surface area (Å²) in [6, 6.07) is 17.5. The van der Waals surface area contributed by atoms with E-state index >= 15 is 0 Å². The highest BCUT2D eigenvalue weighted by atomic mass is 35.5. The second-order valence-corrected chi connectivity index (χ2v) is 8.99. The molecule has 184 valence electrons. The van der Waals surface area contributed by atoms with Gasteiger partial charge in [-0.3, -0.25) is 9.59 Å². The third-order valence-corrected chi connectivity index (χ3v) is 6.74. The fourth-order valence-electron chi connectivity index (χ4n) is 4.53. The average Bonchev–Trinajstić information content (AvgIpc) is 3.16. The van der Waals surface area contributed by atoms with Gasteiger partial charge >= 0.3 is 0 Å². The molecular formula is C28H24ClNO6. The molecule has 5 rings (SSSR count). The zero-order valence-corrected chi connectivity index (χ0v) is 20.5. The lowest BCUT2D eigenvalue weighted by atomic mass is 9.98. The Hall–Kier alpha value is -3.81. The van der Waals surface area contributed by atoms with Crippen molar-refractivity contribution in [2.75, 3.05) is 20.3 Å². The molecule has 0 spiro atoms. The van der Waals surface area contributed by atoms with Gasteiger partial charge in [-0.05, 0) is 47.9 Å². The van der Waals surface area contributed by atoms with Gasteiger partial charge in [0.25, 0.3) is 5.91 Å². The van der Waals surface area contributed by atoms with Gasteiger partial charge in [-0.2, -0.15) is 0 Å². The topological polar surface area (TPSA) is 89.2 Å². The number of aliphatic hydroxyl groups excluding tert-OH is 1. The van der Waals surface area contributed by atoms with E-state index in [-0.39, 0.29) is 29.9 Å². The molecule has 0 saturated heterocycles. The fraction of sp³-hybridized carbons (Fsp3) is 0.214. The summed E-state index contributed by atoms with van der Waals surface area (Å²) in [5.74, 6) is 0.489. The Bertz CT molecular complexity index is 1510. The molecule has 0 bridgehead atoms. The number of aliphatic hydroxyl groups is 1. The van der Waals surface area contributed by atoms with Crippen LogP contribution in [0.3, 0.4) is 0 Å². The van der Waals surface area contributed by atoms with Crippen LogP contribution >= 0.6 is 11.6 Å². The smallest absolute Gasteiger partial charge is 0.290 e. The lowest BCUT2D eigenvalue weighted by Gasteiger charge is -2.25. The summed E-state index contributed by atoms with van der Waals surface area (Å²) < 4.78 is 17.5. The summed E-state index contributed by atoms with van der Waals surface area (Å²) in [7, 11) is 1.53. The molecule has 0 fully saturated rings. The molecule has 1 N–H and O–H groups in total. The van der Waals surface area contributed by atoms with Crippen molar-refractivity contribution in [3.63, 3.8) is 0 Å². The summed E-state index contributed by atoms with van der Waals surface area (Å²) in [6.45, 7) is 1.90. The highest BCUT2D eigenvalue weighted by Gasteiger charge is 2.42. The Kier molecular flexibility index (Phi) is 6.43. The molecule has 1 atom stereocenters. The van der Waals surface area contributed by atoms with Crippen molar-refractivity contribution in [3.05, 3.63) is 104 Å². The van der Waals surface area contributed by atoms with Crippen molar-refractivity contribution in [3.8, 4) is 11.5 Å². The maximum absolute atomic E-state index is 13.6. The van der Waals surface area contributed by atoms with Gasteiger partial charge in [0.2, 0.25) is 5.76 Å². The van der Waals surface area contributed by atoms with Crippen LogP contribution in [0.4, 0.5) is 0 Å². The van der Waals surface area contributed by atoms with Crippen LogP contribution in [0.5, 0.6) is 11.5 Å². The van der Waals surface area contributed by atoms with Gasteiger partial charge in [-0.1, -0.05) is 48.0 Å². The monoisotopic (exact) mass is 505 g/mol. The molecule has 8 heteroatoms. The molecule has 7 nitrogen and oxygen atoms in total. The third-order valence-electron chi connectivity index (χ3n) is 6.33. The molecule has 0 aliphatic carbocycles. The summed E-state index contributed by atoms with van der Waals surface area (Å²) in [5.41, 5.74) is 2.53. The van der Waals surface area contributed by atoms with Gasteiger partial charge in [-0.25, -0.2) is 0 Å². The van der Waals surface area contributed by atoms with E-state index in [1.807, 2.05) is 30.3 Å². The molecule has 1 amide bonds. The van der Waals surface area contributed by atoms with Gasteiger partial charge in [0.15, 0.2) is 16.9 Å². The van der Waals surface area contributed by atoms with Crippen LogP contribution < -0.4 is 14.9 Å². The van der Waals surface area contributed by atoms with E-state index in [1.165, 1.54) is 12.0 Å². The predicted molar refractivity (Wildman–Crippen MR) is 136 cm³/mol. The van der Waals surface area contributed by atoms with Crippen LogP contribution in [0.25, 0.3) is 11.0 Å². The van der Waals surface area contributed by atoms with Crippen molar-refractivity contribution in [2.24, 2.45) is 0 Å². The van der Waals surface area contributed by atoms with Gasteiger partial charge in [-0.15, -0.1) is 0 Å². The first-order valence-corrected chi connectivity index (χ1v) is 11.8. The average molecular weight is 506 g/mol. The molecule has 3 aromatic carbocycles. The fourth-order valence-corrected chi connectivity index (χ4v) is 4.70. The SMILES string of the molecule is COc1cc(C2c3c(oc4cc(C)c(Cl)cc4c3=O)C(=O)N2CCO)ccc1OCc1ccccc1. The molecule has 0 saturated carbocycles. The molecule has 0 radical (unpaired) electrons. The second kappa shape index (κ2) is 9.68. The van der Waals surface area contributed by atoms with Gasteiger partial charge in [0.05, 0.1) is 30.7 Å². The number of carbonyl (C=O) groups is 1. The van der Waals surface area contributed by atoms with E-state index in [2.05, 4.69) is 0 Å². The van der Waals surface area contributed by atoms with E-state index in [9.17, 15) is 14.7 Å². The minimum absolute atomic E-state index is 0.0256. The molecule has 1 aliphatic rings. The van der Waals surface area contributed by atoms with Crippen LogP contribution in [0.15, 0.2) is 69.9 Å². The first-order valence-electron chi connectivity index (χ1n) is 11.5. The van der Waals surface area contributed by atoms with Gasteiger partial charge in [0.1, 0.15) is 12.2 Å². The number of benzene rings is 3. The summed E-state index contributed by atoms with van der Waals surface area (Å²) in [5, 5.41) is 10.4. The molecule has 1 aromatic heterocycles. The van der Waals surface area contributed by atoms with Crippen molar-refractivity contribution >= 4 is 28.5 Å². The number of ether oxygens (including phenoxy) is 2. The highest BCUT2D eigenvalue weighted by molar-refractivity contribution is 6.32.